The van der Waals surface area contributed by atoms with Crippen molar-refractivity contribution in [3.63, 3.8) is 0 Å². The van der Waals surface area contributed by atoms with Gasteiger partial charge in [0, 0.05) is 20.5 Å². The lowest BCUT2D eigenvalue weighted by Crippen LogP contribution is -2.29. The largest absolute Gasteiger partial charge is 0.331 e. The van der Waals surface area contributed by atoms with Crippen LogP contribution in [0.3, 0.4) is 0 Å². The number of benzene rings is 1. The summed E-state index contributed by atoms with van der Waals surface area (Å²) in [6.45, 7) is 4.38. The van der Waals surface area contributed by atoms with Gasteiger partial charge >= 0.3 is 0 Å². The van der Waals surface area contributed by atoms with Crippen LogP contribution < -0.4 is 0 Å². The van der Waals surface area contributed by atoms with Crippen molar-refractivity contribution in [2.45, 2.75) is 32.3 Å². The fourth-order valence-electron chi connectivity index (χ4n) is 2.04. The summed E-state index contributed by atoms with van der Waals surface area (Å²) in [5.41, 5.74) is 2.46. The maximum Gasteiger partial charge on any atom is 0.280 e. The summed E-state index contributed by atoms with van der Waals surface area (Å²) in [5.74, 6) is -0.879. The van der Waals surface area contributed by atoms with E-state index in [1.165, 1.54) is 11.1 Å². The molecule has 0 aliphatic carbocycles. The fourth-order valence-corrected chi connectivity index (χ4v) is 2.04. The average molecular weight is 248 g/mol. The van der Waals surface area contributed by atoms with Gasteiger partial charge in [-0.05, 0) is 18.1 Å². The van der Waals surface area contributed by atoms with Gasteiger partial charge in [0.15, 0.2) is 0 Å². The Labute approximate surface area is 108 Å². The van der Waals surface area contributed by atoms with Gasteiger partial charge < -0.3 is 14.2 Å². The average Bonchev–Trinajstić information content (AvgIpc) is 2.75. The molecule has 2 unspecified atom stereocenters. The Balaban J connectivity index is 1.94. The molecule has 1 saturated heterocycles. The van der Waals surface area contributed by atoms with Gasteiger partial charge in [-0.25, -0.2) is 0 Å². The van der Waals surface area contributed by atoms with Crippen LogP contribution in [0.5, 0.6) is 0 Å². The van der Waals surface area contributed by atoms with Crippen molar-refractivity contribution in [1.82, 2.24) is 0 Å². The van der Waals surface area contributed by atoms with Gasteiger partial charge in [0.25, 0.3) is 5.97 Å². The number of rotatable bonds is 4. The van der Waals surface area contributed by atoms with Gasteiger partial charge in [-0.1, -0.05) is 36.4 Å². The monoisotopic (exact) mass is 248 g/mol. The molecule has 18 heavy (non-hydrogen) atoms. The second kappa shape index (κ2) is 5.65. The van der Waals surface area contributed by atoms with Gasteiger partial charge in [-0.15, -0.1) is 0 Å². The Kier molecular flexibility index (Phi) is 4.17. The van der Waals surface area contributed by atoms with Crippen molar-refractivity contribution in [1.29, 1.82) is 0 Å². The molecule has 1 aromatic rings. The highest BCUT2D eigenvalue weighted by molar-refractivity contribution is 5.49. The summed E-state index contributed by atoms with van der Waals surface area (Å²) in [6.07, 6.45) is 5.02. The highest BCUT2D eigenvalue weighted by atomic mass is 16.9. The minimum absolute atomic E-state index is 0.0579. The van der Waals surface area contributed by atoms with Crippen molar-refractivity contribution >= 4 is 6.08 Å². The van der Waals surface area contributed by atoms with E-state index in [0.717, 1.165) is 6.42 Å². The molecular formula is C15H20O3. The first-order valence-electron chi connectivity index (χ1n) is 6.24. The highest BCUT2D eigenvalue weighted by Crippen LogP contribution is 2.25. The van der Waals surface area contributed by atoms with E-state index in [4.69, 9.17) is 14.2 Å². The van der Waals surface area contributed by atoms with E-state index in [-0.39, 0.29) is 6.10 Å². The van der Waals surface area contributed by atoms with Crippen LogP contribution >= 0.6 is 0 Å². The number of hydrogen-bond donors (Lipinski definition) is 0. The molecule has 1 heterocycles. The van der Waals surface area contributed by atoms with Crippen LogP contribution in [0.4, 0.5) is 0 Å². The van der Waals surface area contributed by atoms with E-state index in [0.29, 0.717) is 6.61 Å². The molecule has 1 fully saturated rings. The van der Waals surface area contributed by atoms with E-state index >= 15 is 0 Å². The molecule has 0 aromatic heterocycles. The smallest absolute Gasteiger partial charge is 0.280 e. The second-order valence-corrected chi connectivity index (χ2v) is 4.56. The number of allylic oxidation sites excluding steroid dienone is 1. The summed E-state index contributed by atoms with van der Waals surface area (Å²) in [7, 11) is 1.59. The van der Waals surface area contributed by atoms with Gasteiger partial charge in [-0.2, -0.15) is 0 Å². The van der Waals surface area contributed by atoms with Crippen molar-refractivity contribution in [2.24, 2.45) is 0 Å². The van der Waals surface area contributed by atoms with Crippen molar-refractivity contribution in [2.75, 3.05) is 13.7 Å². The third-order valence-corrected chi connectivity index (χ3v) is 3.09. The van der Waals surface area contributed by atoms with E-state index in [2.05, 4.69) is 30.3 Å². The number of ether oxygens (including phenoxy) is 3. The Morgan fingerprint density at radius 1 is 1.39 bits per heavy atom. The molecule has 0 amide bonds. The molecule has 0 N–H and O–H groups in total. The van der Waals surface area contributed by atoms with E-state index in [9.17, 15) is 0 Å². The third-order valence-electron chi connectivity index (χ3n) is 3.09. The zero-order valence-electron chi connectivity index (χ0n) is 11.2. The normalized spacial score (nSPS) is 28.1. The minimum atomic E-state index is -0.879. The molecule has 3 nitrogen and oxygen atoms in total. The van der Waals surface area contributed by atoms with Gasteiger partial charge in [0.1, 0.15) is 0 Å². The number of methoxy groups -OCH3 is 1. The van der Waals surface area contributed by atoms with Crippen LogP contribution in [0.1, 0.15) is 25.0 Å². The predicted molar refractivity (Wildman–Crippen MR) is 71.1 cm³/mol. The molecule has 1 aliphatic rings. The topological polar surface area (TPSA) is 27.7 Å². The first kappa shape index (κ1) is 13.3. The van der Waals surface area contributed by atoms with Crippen LogP contribution in [0.15, 0.2) is 30.3 Å². The van der Waals surface area contributed by atoms with Gasteiger partial charge in [0.05, 0.1) is 12.7 Å². The molecule has 2 atom stereocenters. The van der Waals surface area contributed by atoms with Crippen molar-refractivity contribution in [3.8, 4) is 0 Å². The van der Waals surface area contributed by atoms with E-state index < -0.39 is 5.97 Å². The maximum absolute atomic E-state index is 5.72. The predicted octanol–water partition coefficient (Wildman–Crippen LogP) is 3.00. The Morgan fingerprint density at radius 2 is 2.11 bits per heavy atom. The van der Waals surface area contributed by atoms with Crippen LogP contribution in [-0.4, -0.2) is 25.8 Å². The minimum Gasteiger partial charge on any atom is -0.331 e. The van der Waals surface area contributed by atoms with Crippen molar-refractivity contribution in [3.05, 3.63) is 41.5 Å². The molecule has 3 heteroatoms. The molecule has 2 rings (SSSR count). The van der Waals surface area contributed by atoms with Gasteiger partial charge in [-0.3, -0.25) is 0 Å². The molecule has 0 saturated carbocycles. The summed E-state index contributed by atoms with van der Waals surface area (Å²) < 4.78 is 16.4. The molecule has 0 radical (unpaired) electrons. The lowest BCUT2D eigenvalue weighted by Gasteiger charge is -2.20. The Hall–Kier alpha value is -1.16. The summed E-state index contributed by atoms with van der Waals surface area (Å²) >= 11 is 0. The lowest BCUT2D eigenvalue weighted by atomic mass is 10.1. The van der Waals surface area contributed by atoms with Crippen LogP contribution in [0.2, 0.25) is 0 Å². The van der Waals surface area contributed by atoms with Crippen molar-refractivity contribution < 1.29 is 14.2 Å². The standard InChI is InChI=1S/C15H20O3/c1-4-5-12-6-8-13(9-7-12)10-14-11-17-15(2,16-3)18-14/h4-9,14H,10-11H2,1-3H3/b5-4+. The second-order valence-electron chi connectivity index (χ2n) is 4.56. The first-order chi connectivity index (χ1) is 8.65. The molecule has 1 aliphatic heterocycles. The zero-order chi connectivity index (χ0) is 13.0. The quantitative estimate of drug-likeness (QED) is 0.819. The zero-order valence-corrected chi connectivity index (χ0v) is 11.2. The fraction of sp³-hybridized carbons (Fsp3) is 0.467. The molecule has 1 aromatic carbocycles. The third kappa shape index (κ3) is 3.19. The Bertz CT molecular complexity index is 410. The highest BCUT2D eigenvalue weighted by Gasteiger charge is 2.37. The summed E-state index contributed by atoms with van der Waals surface area (Å²) in [6, 6.07) is 8.48. The molecule has 0 bridgehead atoms. The van der Waals surface area contributed by atoms with E-state index in [1.54, 1.807) is 14.0 Å². The molecule has 0 spiro atoms. The first-order valence-corrected chi connectivity index (χ1v) is 6.24. The Morgan fingerprint density at radius 3 is 2.67 bits per heavy atom. The van der Waals surface area contributed by atoms with Crippen LogP contribution in [-0.2, 0) is 20.6 Å². The van der Waals surface area contributed by atoms with Crippen LogP contribution in [0, 0.1) is 0 Å². The lowest BCUT2D eigenvalue weighted by molar-refractivity contribution is -0.313. The number of hydrogen-bond acceptors (Lipinski definition) is 3. The molecule has 98 valence electrons. The maximum atomic E-state index is 5.72. The van der Waals surface area contributed by atoms with Gasteiger partial charge in [0.2, 0.25) is 0 Å². The molecular weight excluding hydrogens is 228 g/mol. The SMILES string of the molecule is C/C=C/c1ccc(CC2COC(C)(OC)O2)cc1. The van der Waals surface area contributed by atoms with E-state index in [1.807, 2.05) is 13.0 Å². The summed E-state index contributed by atoms with van der Waals surface area (Å²) in [4.78, 5) is 0. The summed E-state index contributed by atoms with van der Waals surface area (Å²) in [5, 5.41) is 0. The van der Waals surface area contributed by atoms with Crippen LogP contribution in [0.25, 0.3) is 6.08 Å².